The third-order valence-electron chi connectivity index (χ3n) is 5.02. The number of H-pyrrole nitrogens is 1. The molecule has 4 rings (SSSR count). The lowest BCUT2D eigenvalue weighted by Gasteiger charge is -2.26. The van der Waals surface area contributed by atoms with E-state index in [0.29, 0.717) is 24.3 Å². The van der Waals surface area contributed by atoms with E-state index < -0.39 is 0 Å². The lowest BCUT2D eigenvalue weighted by atomic mass is 10.1. The van der Waals surface area contributed by atoms with E-state index in [4.69, 9.17) is 0 Å². The van der Waals surface area contributed by atoms with Gasteiger partial charge in [-0.15, -0.1) is 11.3 Å². The standard InChI is InChI=1S/C21H23FN4OS/c1-13(2)26(21(27)20-16-11-23-10-9-18(16)24-25-20)12-14-7-8-19(28-14)15-5-3-4-6-17(15)22/h3-8,13,23H,9-12H2,1-2H3,(H,24,25). The van der Waals surface area contributed by atoms with Crippen LogP contribution in [0, 0.1) is 5.82 Å². The quantitative estimate of drug-likeness (QED) is 0.684. The average molecular weight is 399 g/mol. The van der Waals surface area contributed by atoms with E-state index in [9.17, 15) is 9.18 Å². The number of aromatic amines is 1. The van der Waals surface area contributed by atoms with Crippen molar-refractivity contribution in [2.45, 2.75) is 39.4 Å². The first-order valence-corrected chi connectivity index (χ1v) is 10.3. The minimum absolute atomic E-state index is 0.0235. The lowest BCUT2D eigenvalue weighted by Crippen LogP contribution is -2.37. The number of carbonyl (C=O) groups is 1. The SMILES string of the molecule is CC(C)N(Cc1ccc(-c2ccccc2F)s1)C(=O)c1n[nH]c2c1CNCC2. The van der Waals surface area contributed by atoms with Gasteiger partial charge in [-0.05, 0) is 32.0 Å². The van der Waals surface area contributed by atoms with E-state index in [2.05, 4.69) is 15.5 Å². The predicted molar refractivity (Wildman–Crippen MR) is 109 cm³/mol. The van der Waals surface area contributed by atoms with Crippen LogP contribution in [0.2, 0.25) is 0 Å². The summed E-state index contributed by atoms with van der Waals surface area (Å²) in [4.78, 5) is 16.9. The molecule has 1 amide bonds. The van der Waals surface area contributed by atoms with Crippen LogP contribution in [0.25, 0.3) is 10.4 Å². The Morgan fingerprint density at radius 2 is 2.11 bits per heavy atom. The third kappa shape index (κ3) is 3.59. The van der Waals surface area contributed by atoms with Crippen LogP contribution in [0.15, 0.2) is 36.4 Å². The highest BCUT2D eigenvalue weighted by molar-refractivity contribution is 7.15. The molecule has 0 aliphatic carbocycles. The van der Waals surface area contributed by atoms with Crippen LogP contribution in [0.3, 0.4) is 0 Å². The van der Waals surface area contributed by atoms with Crippen LogP contribution in [0.1, 0.15) is 40.5 Å². The number of fused-ring (bicyclic) bond motifs is 1. The van der Waals surface area contributed by atoms with Gasteiger partial charge in [0.15, 0.2) is 5.69 Å². The highest BCUT2D eigenvalue weighted by atomic mass is 32.1. The molecule has 0 radical (unpaired) electrons. The van der Waals surface area contributed by atoms with Crippen LogP contribution in [0.4, 0.5) is 4.39 Å². The van der Waals surface area contributed by atoms with Gasteiger partial charge in [-0.1, -0.05) is 18.2 Å². The minimum atomic E-state index is -0.233. The summed E-state index contributed by atoms with van der Waals surface area (Å²) >= 11 is 1.51. The number of amides is 1. The van der Waals surface area contributed by atoms with Crippen LogP contribution in [-0.4, -0.2) is 33.6 Å². The molecule has 146 valence electrons. The first-order chi connectivity index (χ1) is 13.5. The number of benzene rings is 1. The van der Waals surface area contributed by atoms with E-state index in [1.807, 2.05) is 36.9 Å². The number of thiophene rings is 1. The number of nitrogens with zero attached hydrogens (tertiary/aromatic N) is 2. The summed E-state index contributed by atoms with van der Waals surface area (Å²) in [5.74, 6) is -0.305. The van der Waals surface area contributed by atoms with Gasteiger partial charge in [0.05, 0.1) is 6.54 Å². The molecule has 2 aromatic heterocycles. The van der Waals surface area contributed by atoms with Gasteiger partial charge in [-0.3, -0.25) is 9.89 Å². The first kappa shape index (κ1) is 18.8. The third-order valence-corrected chi connectivity index (χ3v) is 6.12. The molecular formula is C21H23FN4OS. The fourth-order valence-electron chi connectivity index (χ4n) is 3.46. The summed E-state index contributed by atoms with van der Waals surface area (Å²) < 4.78 is 14.1. The Balaban J connectivity index is 1.57. The number of aromatic nitrogens is 2. The van der Waals surface area contributed by atoms with Gasteiger partial charge < -0.3 is 10.2 Å². The van der Waals surface area contributed by atoms with E-state index in [-0.39, 0.29) is 17.8 Å². The smallest absolute Gasteiger partial charge is 0.275 e. The zero-order chi connectivity index (χ0) is 19.7. The Bertz CT molecular complexity index is 994. The Kier molecular flexibility index (Phi) is 5.28. The minimum Gasteiger partial charge on any atom is -0.330 e. The maximum Gasteiger partial charge on any atom is 0.275 e. The van der Waals surface area contributed by atoms with Crippen LogP contribution in [-0.2, 0) is 19.5 Å². The van der Waals surface area contributed by atoms with Crippen molar-refractivity contribution < 1.29 is 9.18 Å². The van der Waals surface area contributed by atoms with Gasteiger partial charge in [-0.25, -0.2) is 4.39 Å². The maximum atomic E-state index is 14.1. The summed E-state index contributed by atoms with van der Waals surface area (Å²) in [7, 11) is 0. The number of carbonyl (C=O) groups excluding carboxylic acids is 1. The highest BCUT2D eigenvalue weighted by Crippen LogP contribution is 2.31. The molecular weight excluding hydrogens is 375 g/mol. The molecule has 7 heteroatoms. The number of nitrogens with one attached hydrogen (secondary N) is 2. The summed E-state index contributed by atoms with van der Waals surface area (Å²) in [6.07, 6.45) is 0.855. The molecule has 0 spiro atoms. The molecule has 0 unspecified atom stereocenters. The van der Waals surface area contributed by atoms with Gasteiger partial charge in [0.1, 0.15) is 5.82 Å². The van der Waals surface area contributed by atoms with Crippen molar-refractivity contribution in [2.24, 2.45) is 0 Å². The van der Waals surface area contributed by atoms with Gasteiger partial charge in [0, 0.05) is 52.1 Å². The van der Waals surface area contributed by atoms with Crippen molar-refractivity contribution in [2.75, 3.05) is 6.54 Å². The second-order valence-electron chi connectivity index (χ2n) is 7.23. The molecule has 0 saturated heterocycles. The van der Waals surface area contributed by atoms with Gasteiger partial charge >= 0.3 is 0 Å². The van der Waals surface area contributed by atoms with E-state index in [1.165, 1.54) is 17.4 Å². The summed E-state index contributed by atoms with van der Waals surface area (Å²) in [6.45, 7) is 6.03. The number of hydrogen-bond acceptors (Lipinski definition) is 4. The van der Waals surface area contributed by atoms with E-state index in [0.717, 1.165) is 34.0 Å². The summed E-state index contributed by atoms with van der Waals surface area (Å²) in [5, 5.41) is 10.6. The van der Waals surface area contributed by atoms with Crippen molar-refractivity contribution >= 4 is 17.2 Å². The van der Waals surface area contributed by atoms with Crippen molar-refractivity contribution in [3.05, 3.63) is 64.0 Å². The van der Waals surface area contributed by atoms with Crippen molar-refractivity contribution in [1.29, 1.82) is 0 Å². The van der Waals surface area contributed by atoms with Gasteiger partial charge in [0.25, 0.3) is 5.91 Å². The molecule has 0 atom stereocenters. The monoisotopic (exact) mass is 398 g/mol. The second-order valence-corrected chi connectivity index (χ2v) is 8.40. The van der Waals surface area contributed by atoms with Crippen LogP contribution in [0.5, 0.6) is 0 Å². The normalized spacial score (nSPS) is 13.6. The molecule has 1 aromatic carbocycles. The zero-order valence-corrected chi connectivity index (χ0v) is 16.8. The topological polar surface area (TPSA) is 61.0 Å². The molecule has 0 bridgehead atoms. The Morgan fingerprint density at radius 3 is 2.89 bits per heavy atom. The molecule has 5 nitrogen and oxygen atoms in total. The Hall–Kier alpha value is -2.51. The van der Waals surface area contributed by atoms with Crippen LogP contribution >= 0.6 is 11.3 Å². The lowest BCUT2D eigenvalue weighted by molar-refractivity contribution is 0.0685. The number of hydrogen-bond donors (Lipinski definition) is 2. The van der Waals surface area contributed by atoms with Crippen molar-refractivity contribution in [1.82, 2.24) is 20.4 Å². The molecule has 3 aromatic rings. The molecule has 2 N–H and O–H groups in total. The highest BCUT2D eigenvalue weighted by Gasteiger charge is 2.27. The fraction of sp³-hybridized carbons (Fsp3) is 0.333. The first-order valence-electron chi connectivity index (χ1n) is 9.46. The zero-order valence-electron chi connectivity index (χ0n) is 16.0. The number of rotatable bonds is 5. The van der Waals surface area contributed by atoms with E-state index >= 15 is 0 Å². The molecule has 1 aliphatic heterocycles. The molecule has 0 saturated carbocycles. The summed E-state index contributed by atoms with van der Waals surface area (Å²) in [5.41, 5.74) is 3.11. The molecule has 0 fully saturated rings. The molecule has 1 aliphatic rings. The Morgan fingerprint density at radius 1 is 1.29 bits per heavy atom. The van der Waals surface area contributed by atoms with Crippen LogP contribution < -0.4 is 5.32 Å². The van der Waals surface area contributed by atoms with Gasteiger partial charge in [-0.2, -0.15) is 5.10 Å². The van der Waals surface area contributed by atoms with E-state index in [1.54, 1.807) is 12.1 Å². The largest absolute Gasteiger partial charge is 0.330 e. The van der Waals surface area contributed by atoms with Gasteiger partial charge in [0.2, 0.25) is 0 Å². The number of halogens is 1. The second kappa shape index (κ2) is 7.85. The summed E-state index contributed by atoms with van der Waals surface area (Å²) in [6, 6.07) is 10.7. The molecule has 3 heterocycles. The maximum absolute atomic E-state index is 14.1. The Labute approximate surface area is 167 Å². The molecule has 28 heavy (non-hydrogen) atoms. The predicted octanol–water partition coefficient (Wildman–Crippen LogP) is 3.97. The van der Waals surface area contributed by atoms with Crippen molar-refractivity contribution in [3.8, 4) is 10.4 Å². The average Bonchev–Trinajstić information content (AvgIpc) is 3.33. The van der Waals surface area contributed by atoms with Crippen molar-refractivity contribution in [3.63, 3.8) is 0 Å². The fourth-order valence-corrected chi connectivity index (χ4v) is 4.50.